The molecule has 0 saturated heterocycles. The van der Waals surface area contributed by atoms with E-state index in [0.29, 0.717) is 5.75 Å². The van der Waals surface area contributed by atoms with Crippen molar-refractivity contribution in [1.82, 2.24) is 4.98 Å². The van der Waals surface area contributed by atoms with E-state index >= 15 is 0 Å². The Morgan fingerprint density at radius 3 is 2.67 bits per heavy atom. The number of halogens is 1. The summed E-state index contributed by atoms with van der Waals surface area (Å²) in [5.41, 5.74) is 0.217. The molecule has 0 aliphatic rings. The molecule has 0 atom stereocenters. The molecule has 1 heterocycles. The molecule has 2 rings (SSSR count). The van der Waals surface area contributed by atoms with Crippen LogP contribution in [0.25, 0.3) is 0 Å². The second-order valence-electron chi connectivity index (χ2n) is 4.01. The number of carbonyl (C=O) groups is 2. The Kier molecular flexibility index (Phi) is 4.39. The van der Waals surface area contributed by atoms with Crippen LogP contribution in [-0.4, -0.2) is 29.1 Å². The highest BCUT2D eigenvalue weighted by atomic mass is 35.5. The number of nitrogens with zero attached hydrogens (tertiary/aromatic N) is 1. The number of carboxylic acid groups (broad SMARTS) is 1. The number of aromatic carboxylic acids is 1. The summed E-state index contributed by atoms with van der Waals surface area (Å²) >= 11 is 5.83. The van der Waals surface area contributed by atoms with Gasteiger partial charge in [-0.25, -0.2) is 9.78 Å². The Labute approximate surface area is 125 Å². The highest BCUT2D eigenvalue weighted by Crippen LogP contribution is 2.24. The van der Waals surface area contributed by atoms with Gasteiger partial charge in [-0.15, -0.1) is 0 Å². The van der Waals surface area contributed by atoms with Crippen molar-refractivity contribution in [2.75, 3.05) is 12.4 Å². The molecule has 0 aliphatic heterocycles. The van der Waals surface area contributed by atoms with Crippen LogP contribution in [0.3, 0.4) is 0 Å². The Morgan fingerprint density at radius 1 is 1.29 bits per heavy atom. The number of aromatic nitrogens is 1. The fraction of sp³-hybridized carbons (Fsp3) is 0.0714. The molecule has 7 heteroatoms. The zero-order chi connectivity index (χ0) is 15.4. The van der Waals surface area contributed by atoms with E-state index in [1.54, 1.807) is 6.07 Å². The average molecular weight is 307 g/mol. The summed E-state index contributed by atoms with van der Waals surface area (Å²) in [5.74, 6) is -1.29. The van der Waals surface area contributed by atoms with Crippen LogP contribution in [0.5, 0.6) is 5.75 Å². The summed E-state index contributed by atoms with van der Waals surface area (Å²) in [6, 6.07) is 7.32. The van der Waals surface area contributed by atoms with Gasteiger partial charge in [0.25, 0.3) is 5.91 Å². The minimum Gasteiger partial charge on any atom is -0.497 e. The number of benzene rings is 1. The van der Waals surface area contributed by atoms with Crippen molar-refractivity contribution in [1.29, 1.82) is 0 Å². The predicted molar refractivity (Wildman–Crippen MR) is 77.2 cm³/mol. The van der Waals surface area contributed by atoms with Crippen molar-refractivity contribution in [3.05, 3.63) is 52.8 Å². The Morgan fingerprint density at radius 2 is 2.05 bits per heavy atom. The first-order chi connectivity index (χ1) is 10.0. The van der Waals surface area contributed by atoms with E-state index in [2.05, 4.69) is 10.3 Å². The van der Waals surface area contributed by atoms with E-state index in [0.717, 1.165) is 0 Å². The number of amides is 1. The van der Waals surface area contributed by atoms with Crippen LogP contribution in [0.1, 0.15) is 20.7 Å². The molecule has 108 valence electrons. The molecule has 0 bridgehead atoms. The maximum atomic E-state index is 12.1. The molecule has 1 aromatic carbocycles. The lowest BCUT2D eigenvalue weighted by Crippen LogP contribution is -2.15. The molecule has 0 fully saturated rings. The number of ether oxygens (including phenoxy) is 1. The van der Waals surface area contributed by atoms with E-state index in [4.69, 9.17) is 21.4 Å². The van der Waals surface area contributed by atoms with E-state index in [1.807, 2.05) is 0 Å². The minimum absolute atomic E-state index is 0.0368. The molecule has 0 unspecified atom stereocenters. The topological polar surface area (TPSA) is 88.5 Å². The number of methoxy groups -OCH3 is 1. The maximum absolute atomic E-state index is 12.1. The van der Waals surface area contributed by atoms with Crippen LogP contribution in [0.15, 0.2) is 36.5 Å². The van der Waals surface area contributed by atoms with Crippen molar-refractivity contribution in [2.24, 2.45) is 0 Å². The maximum Gasteiger partial charge on any atom is 0.337 e. The van der Waals surface area contributed by atoms with E-state index in [-0.39, 0.29) is 22.0 Å². The lowest BCUT2D eigenvalue weighted by molar-refractivity contribution is 0.0698. The summed E-state index contributed by atoms with van der Waals surface area (Å²) in [6.07, 6.45) is 1.45. The van der Waals surface area contributed by atoms with Crippen LogP contribution >= 0.6 is 11.6 Å². The van der Waals surface area contributed by atoms with Crippen LogP contribution in [-0.2, 0) is 0 Å². The Bertz CT molecular complexity index is 703. The SMILES string of the molecule is COc1ccc(C(=O)O)c(NC(=O)c2cccnc2Cl)c1. The third-order valence-electron chi connectivity index (χ3n) is 2.71. The number of hydrogen-bond acceptors (Lipinski definition) is 4. The number of carboxylic acids is 1. The monoisotopic (exact) mass is 306 g/mol. The van der Waals surface area contributed by atoms with Crippen molar-refractivity contribution in [2.45, 2.75) is 0 Å². The summed E-state index contributed by atoms with van der Waals surface area (Å²) in [6.45, 7) is 0. The van der Waals surface area contributed by atoms with Gasteiger partial charge in [0.15, 0.2) is 0 Å². The molecule has 6 nitrogen and oxygen atoms in total. The number of nitrogens with one attached hydrogen (secondary N) is 1. The smallest absolute Gasteiger partial charge is 0.337 e. The predicted octanol–water partition coefficient (Wildman–Crippen LogP) is 2.69. The first kappa shape index (κ1) is 14.8. The lowest BCUT2D eigenvalue weighted by atomic mass is 10.1. The molecule has 2 N–H and O–H groups in total. The van der Waals surface area contributed by atoms with Gasteiger partial charge in [-0.2, -0.15) is 0 Å². The fourth-order valence-corrected chi connectivity index (χ4v) is 1.89. The van der Waals surface area contributed by atoms with Crippen molar-refractivity contribution in [3.63, 3.8) is 0 Å². The van der Waals surface area contributed by atoms with Crippen LogP contribution in [0.2, 0.25) is 5.15 Å². The van der Waals surface area contributed by atoms with Gasteiger partial charge in [-0.3, -0.25) is 4.79 Å². The van der Waals surface area contributed by atoms with Crippen LogP contribution < -0.4 is 10.1 Å². The first-order valence-corrected chi connectivity index (χ1v) is 6.24. The number of rotatable bonds is 4. The quantitative estimate of drug-likeness (QED) is 0.848. The standard InChI is InChI=1S/C14H11ClN2O4/c1-21-8-4-5-9(14(19)20)11(7-8)17-13(18)10-3-2-6-16-12(10)15/h2-7H,1H3,(H,17,18)(H,19,20). The Hall–Kier alpha value is -2.60. The van der Waals surface area contributed by atoms with Gasteiger partial charge >= 0.3 is 5.97 Å². The van der Waals surface area contributed by atoms with Crippen LogP contribution in [0, 0.1) is 0 Å². The van der Waals surface area contributed by atoms with Crippen molar-refractivity contribution < 1.29 is 19.4 Å². The first-order valence-electron chi connectivity index (χ1n) is 5.86. The third-order valence-corrected chi connectivity index (χ3v) is 3.01. The average Bonchev–Trinajstić information content (AvgIpc) is 2.47. The van der Waals surface area contributed by atoms with E-state index in [9.17, 15) is 9.59 Å². The van der Waals surface area contributed by atoms with E-state index in [1.165, 1.54) is 37.6 Å². The van der Waals surface area contributed by atoms with Gasteiger partial charge < -0.3 is 15.2 Å². The van der Waals surface area contributed by atoms with Gasteiger partial charge in [0.1, 0.15) is 10.9 Å². The number of carbonyl (C=O) groups excluding carboxylic acids is 1. The number of anilines is 1. The van der Waals surface area contributed by atoms with Gasteiger partial charge in [-0.1, -0.05) is 11.6 Å². The second-order valence-corrected chi connectivity index (χ2v) is 4.37. The molecular formula is C14H11ClN2O4. The zero-order valence-corrected chi connectivity index (χ0v) is 11.7. The van der Waals surface area contributed by atoms with Crippen molar-refractivity contribution >= 4 is 29.2 Å². The normalized spacial score (nSPS) is 10.0. The van der Waals surface area contributed by atoms with Gasteiger partial charge in [0.2, 0.25) is 0 Å². The molecule has 1 amide bonds. The molecular weight excluding hydrogens is 296 g/mol. The fourth-order valence-electron chi connectivity index (χ4n) is 1.69. The number of hydrogen-bond donors (Lipinski definition) is 2. The third kappa shape index (κ3) is 3.29. The highest BCUT2D eigenvalue weighted by molar-refractivity contribution is 6.33. The van der Waals surface area contributed by atoms with Crippen LogP contribution in [0.4, 0.5) is 5.69 Å². The molecule has 0 radical (unpaired) electrons. The van der Waals surface area contributed by atoms with Gasteiger partial charge in [0.05, 0.1) is 23.9 Å². The zero-order valence-electron chi connectivity index (χ0n) is 11.0. The Balaban J connectivity index is 2.36. The molecule has 0 aliphatic carbocycles. The molecule has 0 saturated carbocycles. The van der Waals surface area contributed by atoms with E-state index < -0.39 is 11.9 Å². The highest BCUT2D eigenvalue weighted by Gasteiger charge is 2.16. The summed E-state index contributed by atoms with van der Waals surface area (Å²) in [7, 11) is 1.44. The minimum atomic E-state index is -1.16. The largest absolute Gasteiger partial charge is 0.497 e. The lowest BCUT2D eigenvalue weighted by Gasteiger charge is -2.10. The van der Waals surface area contributed by atoms with Crippen molar-refractivity contribution in [3.8, 4) is 5.75 Å². The van der Waals surface area contributed by atoms with Gasteiger partial charge in [0, 0.05) is 12.3 Å². The summed E-state index contributed by atoms with van der Waals surface area (Å²) in [5, 5.41) is 11.7. The molecule has 2 aromatic rings. The molecule has 0 spiro atoms. The summed E-state index contributed by atoms with van der Waals surface area (Å²) < 4.78 is 5.02. The summed E-state index contributed by atoms with van der Waals surface area (Å²) in [4.78, 5) is 27.1. The second kappa shape index (κ2) is 6.23. The van der Waals surface area contributed by atoms with Gasteiger partial charge in [-0.05, 0) is 24.3 Å². The molecule has 1 aromatic heterocycles. The number of pyridine rings is 1. The molecule has 21 heavy (non-hydrogen) atoms.